The summed E-state index contributed by atoms with van der Waals surface area (Å²) in [5, 5.41) is 0.713. The Hall–Kier alpha value is -0.160. The van der Waals surface area contributed by atoms with Crippen LogP contribution in [0.1, 0.15) is 19.8 Å². The molecule has 1 aliphatic carbocycles. The fourth-order valence-corrected chi connectivity index (χ4v) is 1.26. The first kappa shape index (κ1) is 7.94. The third kappa shape index (κ3) is 1.67. The van der Waals surface area contributed by atoms with Gasteiger partial charge in [0.25, 0.3) is 0 Å². The van der Waals surface area contributed by atoms with Crippen molar-refractivity contribution in [3.05, 3.63) is 23.3 Å². The van der Waals surface area contributed by atoms with Gasteiger partial charge in [-0.3, -0.25) is 0 Å². The number of allylic oxidation sites excluding steroid dienone is 4. The second kappa shape index (κ2) is 3.30. The fourth-order valence-electron chi connectivity index (χ4n) is 1.03. The molecule has 1 rings (SSSR count). The van der Waals surface area contributed by atoms with Gasteiger partial charge in [0, 0.05) is 11.7 Å². The summed E-state index contributed by atoms with van der Waals surface area (Å²) in [6, 6.07) is 0. The highest BCUT2D eigenvalue weighted by atomic mass is 31.0. The lowest BCUT2D eigenvalue weighted by Crippen LogP contribution is -1.99. The highest BCUT2D eigenvalue weighted by Crippen LogP contribution is 2.29. The molecule has 2 unspecified atom stereocenters. The largest absolute Gasteiger partial charge is 0.211 e. The Balaban J connectivity index is 2.65. The van der Waals surface area contributed by atoms with Crippen LogP contribution in [0.5, 0.6) is 0 Å². The fraction of sp³-hybridized carbons (Fsp3) is 0.500. The highest BCUT2D eigenvalue weighted by molar-refractivity contribution is 7.23. The summed E-state index contributed by atoms with van der Waals surface area (Å²) < 4.78 is 12.8. The van der Waals surface area contributed by atoms with Crippen LogP contribution in [0.25, 0.3) is 0 Å². The van der Waals surface area contributed by atoms with E-state index in [9.17, 15) is 4.39 Å². The van der Waals surface area contributed by atoms with Gasteiger partial charge in [0.2, 0.25) is 0 Å². The van der Waals surface area contributed by atoms with Crippen molar-refractivity contribution in [2.45, 2.75) is 19.8 Å². The molecule has 0 amide bonds. The molecule has 0 fully saturated rings. The molecule has 2 heteroatoms. The Kier molecular flexibility index (Phi) is 2.62. The number of hydrogen-bond acceptors (Lipinski definition) is 0. The summed E-state index contributed by atoms with van der Waals surface area (Å²) in [6.07, 6.45) is 5.54. The summed E-state index contributed by atoms with van der Waals surface area (Å²) >= 11 is 0. The lowest BCUT2D eigenvalue weighted by atomic mass is 9.97. The highest BCUT2D eigenvalue weighted by Gasteiger charge is 2.11. The average molecular weight is 158 g/mol. The zero-order valence-electron chi connectivity index (χ0n) is 6.10. The first-order valence-electron chi connectivity index (χ1n) is 3.56. The van der Waals surface area contributed by atoms with Crippen molar-refractivity contribution in [1.82, 2.24) is 0 Å². The van der Waals surface area contributed by atoms with Gasteiger partial charge in [-0.15, -0.1) is 9.24 Å². The van der Waals surface area contributed by atoms with E-state index >= 15 is 0 Å². The van der Waals surface area contributed by atoms with Crippen LogP contribution in [0.2, 0.25) is 0 Å². The van der Waals surface area contributed by atoms with Crippen LogP contribution in [-0.4, -0.2) is 0 Å². The Labute approximate surface area is 63.4 Å². The SMILES string of the molecule is CCC1C=CC(P)=C(F)C1. The lowest BCUT2D eigenvalue weighted by molar-refractivity contribution is 0.502. The zero-order valence-corrected chi connectivity index (χ0v) is 7.26. The maximum atomic E-state index is 12.8. The molecule has 10 heavy (non-hydrogen) atoms. The van der Waals surface area contributed by atoms with Gasteiger partial charge < -0.3 is 0 Å². The van der Waals surface area contributed by atoms with Crippen LogP contribution in [0.3, 0.4) is 0 Å². The quantitative estimate of drug-likeness (QED) is 0.514. The first-order chi connectivity index (χ1) is 4.74. The Morgan fingerprint density at radius 2 is 2.50 bits per heavy atom. The van der Waals surface area contributed by atoms with E-state index < -0.39 is 0 Å². The van der Waals surface area contributed by atoms with Crippen LogP contribution in [-0.2, 0) is 0 Å². The van der Waals surface area contributed by atoms with E-state index in [2.05, 4.69) is 22.2 Å². The molecule has 2 atom stereocenters. The van der Waals surface area contributed by atoms with Crippen molar-refractivity contribution in [3.63, 3.8) is 0 Å². The molecule has 0 aromatic rings. The van der Waals surface area contributed by atoms with Gasteiger partial charge in [0.05, 0.1) is 0 Å². The molecule has 0 aromatic carbocycles. The van der Waals surface area contributed by atoms with Crippen molar-refractivity contribution in [2.24, 2.45) is 5.92 Å². The molecule has 56 valence electrons. The molecular formula is C8H12FP. The summed E-state index contributed by atoms with van der Waals surface area (Å²) in [4.78, 5) is 0. The van der Waals surface area contributed by atoms with Gasteiger partial charge in [-0.05, 0) is 12.3 Å². The number of hydrogen-bond donors (Lipinski definition) is 0. The monoisotopic (exact) mass is 158 g/mol. The first-order valence-corrected chi connectivity index (χ1v) is 4.14. The summed E-state index contributed by atoms with van der Waals surface area (Å²) in [5.74, 6) is 0.448. The molecule has 0 N–H and O–H groups in total. The predicted molar refractivity (Wildman–Crippen MR) is 45.4 cm³/mol. The van der Waals surface area contributed by atoms with E-state index in [0.717, 1.165) is 6.42 Å². The van der Waals surface area contributed by atoms with Crippen molar-refractivity contribution in [2.75, 3.05) is 0 Å². The van der Waals surface area contributed by atoms with E-state index in [4.69, 9.17) is 0 Å². The van der Waals surface area contributed by atoms with Crippen LogP contribution in [0.15, 0.2) is 23.3 Å². The summed E-state index contributed by atoms with van der Waals surface area (Å²) in [7, 11) is 2.40. The zero-order chi connectivity index (χ0) is 7.56. The second-order valence-corrected chi connectivity index (χ2v) is 3.21. The average Bonchev–Trinajstić information content (AvgIpc) is 1.95. The minimum atomic E-state index is 0.0272. The molecule has 0 spiro atoms. The normalized spacial score (nSPS) is 25.7. The van der Waals surface area contributed by atoms with Gasteiger partial charge in [0.15, 0.2) is 0 Å². The van der Waals surface area contributed by atoms with E-state index in [1.165, 1.54) is 0 Å². The number of rotatable bonds is 1. The predicted octanol–water partition coefficient (Wildman–Crippen LogP) is 3.03. The van der Waals surface area contributed by atoms with Crippen LogP contribution in [0, 0.1) is 5.92 Å². The molecule has 0 heterocycles. The minimum absolute atomic E-state index is 0.0272. The maximum Gasteiger partial charge on any atom is 0.108 e. The summed E-state index contributed by atoms with van der Waals surface area (Å²) in [6.45, 7) is 2.08. The molecule has 0 aromatic heterocycles. The topological polar surface area (TPSA) is 0 Å². The summed E-state index contributed by atoms with van der Waals surface area (Å²) in [5.41, 5.74) is 0. The van der Waals surface area contributed by atoms with Gasteiger partial charge in [-0.2, -0.15) is 0 Å². The van der Waals surface area contributed by atoms with Crippen LogP contribution in [0.4, 0.5) is 4.39 Å². The lowest BCUT2D eigenvalue weighted by Gasteiger charge is -2.13. The van der Waals surface area contributed by atoms with E-state index in [0.29, 0.717) is 17.7 Å². The van der Waals surface area contributed by atoms with Crippen molar-refractivity contribution in [3.8, 4) is 0 Å². The minimum Gasteiger partial charge on any atom is -0.211 e. The molecule has 0 aliphatic heterocycles. The number of halogens is 1. The Morgan fingerprint density at radius 1 is 1.80 bits per heavy atom. The van der Waals surface area contributed by atoms with Crippen molar-refractivity contribution < 1.29 is 4.39 Å². The molecular weight excluding hydrogens is 146 g/mol. The van der Waals surface area contributed by atoms with Crippen molar-refractivity contribution >= 4 is 9.24 Å². The Bertz CT molecular complexity index is 182. The molecule has 0 saturated heterocycles. The molecule has 0 nitrogen and oxygen atoms in total. The van der Waals surface area contributed by atoms with E-state index in [1.54, 1.807) is 0 Å². The van der Waals surface area contributed by atoms with E-state index in [-0.39, 0.29) is 5.83 Å². The van der Waals surface area contributed by atoms with Crippen LogP contribution < -0.4 is 0 Å². The third-order valence-corrected chi connectivity index (χ3v) is 2.33. The molecule has 0 saturated carbocycles. The van der Waals surface area contributed by atoms with Gasteiger partial charge in [-0.1, -0.05) is 19.1 Å². The standard InChI is InChI=1S/C8H12FP/c1-2-6-3-4-8(10)7(9)5-6/h3-4,6H,2,5,10H2,1H3. The van der Waals surface area contributed by atoms with Crippen molar-refractivity contribution in [1.29, 1.82) is 0 Å². The second-order valence-electron chi connectivity index (χ2n) is 2.59. The van der Waals surface area contributed by atoms with Gasteiger partial charge in [-0.25, -0.2) is 4.39 Å². The Morgan fingerprint density at radius 3 is 3.00 bits per heavy atom. The molecule has 0 radical (unpaired) electrons. The van der Waals surface area contributed by atoms with Crippen LogP contribution >= 0.6 is 9.24 Å². The van der Waals surface area contributed by atoms with Gasteiger partial charge in [0.1, 0.15) is 5.83 Å². The van der Waals surface area contributed by atoms with E-state index in [1.807, 2.05) is 6.08 Å². The smallest absolute Gasteiger partial charge is 0.108 e. The third-order valence-electron chi connectivity index (χ3n) is 1.83. The van der Waals surface area contributed by atoms with Gasteiger partial charge >= 0.3 is 0 Å². The maximum absolute atomic E-state index is 12.8. The molecule has 1 aliphatic rings. The molecule has 0 bridgehead atoms.